The Morgan fingerprint density at radius 2 is 1.97 bits per heavy atom. The number of likely N-dealkylation sites (tertiary alicyclic amines) is 1. The van der Waals surface area contributed by atoms with E-state index in [1.54, 1.807) is 9.80 Å². The van der Waals surface area contributed by atoms with Crippen LogP contribution in [0.1, 0.15) is 30.4 Å². The number of anilines is 2. The van der Waals surface area contributed by atoms with Gasteiger partial charge in [0.15, 0.2) is 11.6 Å². The molecule has 1 aromatic heterocycles. The number of carbonyl (C=O) groups is 1. The van der Waals surface area contributed by atoms with Gasteiger partial charge in [0.05, 0.1) is 18.2 Å². The monoisotopic (exact) mass is 510 g/mol. The molecule has 4 N–H and O–H groups in total. The van der Waals surface area contributed by atoms with E-state index in [0.29, 0.717) is 19.5 Å². The lowest BCUT2D eigenvalue weighted by Gasteiger charge is -2.35. The smallest absolute Gasteiger partial charge is 0.391 e. The van der Waals surface area contributed by atoms with E-state index in [2.05, 4.69) is 15.3 Å². The number of carbonyl (C=O) groups excluding carboxylic acids is 1. The molecule has 2 unspecified atom stereocenters. The second kappa shape index (κ2) is 11.0. The zero-order valence-corrected chi connectivity index (χ0v) is 19.7. The highest BCUT2D eigenvalue weighted by Gasteiger charge is 2.35. The van der Waals surface area contributed by atoms with Gasteiger partial charge in [-0.2, -0.15) is 17.6 Å². The predicted octanol–water partition coefficient (Wildman–Crippen LogP) is 2.63. The Balaban J connectivity index is 1.48. The van der Waals surface area contributed by atoms with E-state index >= 15 is 4.39 Å². The van der Waals surface area contributed by atoms with Crippen LogP contribution in [-0.4, -0.2) is 64.7 Å². The average molecular weight is 511 g/mol. The molecule has 2 fully saturated rings. The third-order valence-electron chi connectivity index (χ3n) is 6.65. The van der Waals surface area contributed by atoms with Crippen LogP contribution in [0.4, 0.5) is 29.2 Å². The molecule has 8 nitrogen and oxygen atoms in total. The zero-order valence-electron chi connectivity index (χ0n) is 19.7. The van der Waals surface area contributed by atoms with Crippen LogP contribution >= 0.6 is 0 Å². The van der Waals surface area contributed by atoms with Crippen LogP contribution in [0, 0.1) is 17.7 Å². The molecule has 2 heterocycles. The Bertz CT molecular complexity index is 1070. The molecule has 2 atom stereocenters. The lowest BCUT2D eigenvalue weighted by atomic mass is 9.93. The molecule has 196 valence electrons. The molecule has 0 bridgehead atoms. The first-order chi connectivity index (χ1) is 17.1. The Morgan fingerprint density at radius 1 is 1.22 bits per heavy atom. The molecule has 1 aromatic carbocycles. The number of nitrogens with two attached hydrogens (primary N) is 1. The highest BCUT2D eigenvalue weighted by Crippen LogP contribution is 2.36. The molecule has 1 amide bonds. The quantitative estimate of drug-likeness (QED) is 0.422. The van der Waals surface area contributed by atoms with Gasteiger partial charge < -0.3 is 21.1 Å². The van der Waals surface area contributed by atoms with Gasteiger partial charge in [0.1, 0.15) is 6.33 Å². The number of hydrogen-bond acceptors (Lipinski definition) is 7. The highest BCUT2D eigenvalue weighted by atomic mass is 19.4. The first kappa shape index (κ1) is 26.1. The van der Waals surface area contributed by atoms with Crippen molar-refractivity contribution in [3.05, 3.63) is 47.5 Å². The first-order valence-corrected chi connectivity index (χ1v) is 11.9. The number of aliphatic hydroxyl groups is 1. The molecular weight excluding hydrogens is 480 g/mol. The Kier molecular flexibility index (Phi) is 7.94. The molecule has 2 aromatic rings. The molecule has 1 aliphatic carbocycles. The fourth-order valence-electron chi connectivity index (χ4n) is 4.56. The van der Waals surface area contributed by atoms with Crippen molar-refractivity contribution in [3.8, 4) is 0 Å². The molecule has 2 aliphatic rings. The normalized spacial score (nSPS) is 20.8. The van der Waals surface area contributed by atoms with Gasteiger partial charge in [-0.25, -0.2) is 9.97 Å². The topological polar surface area (TPSA) is 108 Å². The number of halogens is 4. The number of aliphatic hydroxyl groups excluding tert-OH is 1. The molecule has 4 rings (SSSR count). The summed E-state index contributed by atoms with van der Waals surface area (Å²) in [4.78, 5) is 22.5. The SMILES string of the molecule is NC(=O)CN1CCC(CNc2ncnc(N(Cc3ccccc3C(F)(F)F)CC3CC3)c2F)C(O)C1. The molecule has 12 heteroatoms. The number of rotatable bonds is 10. The van der Waals surface area contributed by atoms with E-state index in [1.165, 1.54) is 24.5 Å². The van der Waals surface area contributed by atoms with Gasteiger partial charge in [-0.3, -0.25) is 9.69 Å². The summed E-state index contributed by atoms with van der Waals surface area (Å²) in [5.41, 5.74) is 4.51. The Labute approximate surface area is 206 Å². The molecule has 1 saturated carbocycles. The first-order valence-electron chi connectivity index (χ1n) is 11.9. The van der Waals surface area contributed by atoms with Gasteiger partial charge in [0, 0.05) is 32.1 Å². The number of primary amides is 1. The van der Waals surface area contributed by atoms with Gasteiger partial charge in [0.2, 0.25) is 11.7 Å². The predicted molar refractivity (Wildman–Crippen MR) is 125 cm³/mol. The van der Waals surface area contributed by atoms with Gasteiger partial charge in [-0.15, -0.1) is 0 Å². The van der Waals surface area contributed by atoms with Crippen LogP contribution in [0.15, 0.2) is 30.6 Å². The largest absolute Gasteiger partial charge is 0.416 e. The number of nitrogens with zero attached hydrogens (tertiary/aromatic N) is 4. The fraction of sp³-hybridized carbons (Fsp3) is 0.542. The van der Waals surface area contributed by atoms with Crippen molar-refractivity contribution in [2.45, 2.75) is 38.1 Å². The van der Waals surface area contributed by atoms with E-state index in [9.17, 15) is 23.1 Å². The number of amides is 1. The minimum Gasteiger partial charge on any atom is -0.391 e. The van der Waals surface area contributed by atoms with E-state index in [4.69, 9.17) is 5.73 Å². The summed E-state index contributed by atoms with van der Waals surface area (Å²) >= 11 is 0. The number of aromatic nitrogens is 2. The highest BCUT2D eigenvalue weighted by molar-refractivity contribution is 5.75. The van der Waals surface area contributed by atoms with E-state index in [1.807, 2.05) is 0 Å². The molecule has 0 spiro atoms. The molecule has 1 saturated heterocycles. The summed E-state index contributed by atoms with van der Waals surface area (Å²) in [7, 11) is 0. The summed E-state index contributed by atoms with van der Waals surface area (Å²) in [6.07, 6.45) is -1.64. The molecule has 1 aliphatic heterocycles. The minimum atomic E-state index is -4.52. The number of alkyl halides is 3. The van der Waals surface area contributed by atoms with Crippen molar-refractivity contribution in [1.82, 2.24) is 14.9 Å². The van der Waals surface area contributed by atoms with E-state index in [0.717, 1.165) is 18.9 Å². The van der Waals surface area contributed by atoms with Crippen molar-refractivity contribution in [1.29, 1.82) is 0 Å². The van der Waals surface area contributed by atoms with Crippen molar-refractivity contribution < 1.29 is 27.5 Å². The molecule has 0 radical (unpaired) electrons. The van der Waals surface area contributed by atoms with E-state index in [-0.39, 0.29) is 55.2 Å². The molecule has 36 heavy (non-hydrogen) atoms. The van der Waals surface area contributed by atoms with Crippen LogP contribution in [0.3, 0.4) is 0 Å². The van der Waals surface area contributed by atoms with Crippen LogP contribution in [-0.2, 0) is 17.5 Å². The Morgan fingerprint density at radius 3 is 2.64 bits per heavy atom. The van der Waals surface area contributed by atoms with Crippen molar-refractivity contribution in [2.75, 3.05) is 42.9 Å². The van der Waals surface area contributed by atoms with Crippen molar-refractivity contribution >= 4 is 17.5 Å². The minimum absolute atomic E-state index is 0.0454. The summed E-state index contributed by atoms with van der Waals surface area (Å²) in [6.45, 7) is 1.39. The second-order valence-electron chi connectivity index (χ2n) is 9.54. The van der Waals surface area contributed by atoms with Crippen LogP contribution < -0.4 is 16.0 Å². The van der Waals surface area contributed by atoms with Gasteiger partial charge >= 0.3 is 6.18 Å². The summed E-state index contributed by atoms with van der Waals surface area (Å²) in [5, 5.41) is 13.4. The van der Waals surface area contributed by atoms with Crippen LogP contribution in [0.5, 0.6) is 0 Å². The van der Waals surface area contributed by atoms with Crippen LogP contribution in [0.2, 0.25) is 0 Å². The average Bonchev–Trinajstić information content (AvgIpc) is 3.62. The maximum Gasteiger partial charge on any atom is 0.416 e. The summed E-state index contributed by atoms with van der Waals surface area (Å²) < 4.78 is 56.1. The third kappa shape index (κ3) is 6.61. The van der Waals surface area contributed by atoms with Gasteiger partial charge in [0.25, 0.3) is 0 Å². The fourth-order valence-corrected chi connectivity index (χ4v) is 4.56. The van der Waals surface area contributed by atoms with Crippen molar-refractivity contribution in [3.63, 3.8) is 0 Å². The van der Waals surface area contributed by atoms with Crippen LogP contribution in [0.25, 0.3) is 0 Å². The number of hydrogen-bond donors (Lipinski definition) is 3. The number of β-amino-alcohol motifs (C(OH)–C–C–N with tert-alkyl or cyclic N) is 1. The third-order valence-corrected chi connectivity index (χ3v) is 6.65. The second-order valence-corrected chi connectivity index (χ2v) is 9.54. The number of benzene rings is 1. The van der Waals surface area contributed by atoms with Gasteiger partial charge in [-0.1, -0.05) is 18.2 Å². The standard InChI is InChI=1S/C24H30F4N6O2/c25-21-22(30-9-16-7-8-33(12-19(16)35)13-20(29)36)31-14-32-23(21)34(10-15-5-6-15)11-17-3-1-2-4-18(17)24(26,27)28/h1-4,14-16,19,35H,5-13H2,(H2,29,36)(H,30,31,32). The Hall–Kier alpha value is -2.99. The van der Waals surface area contributed by atoms with Gasteiger partial charge in [-0.05, 0) is 43.4 Å². The summed E-state index contributed by atoms with van der Waals surface area (Å²) in [6, 6.07) is 5.28. The lowest BCUT2D eigenvalue weighted by molar-refractivity contribution is -0.138. The number of piperidine rings is 1. The van der Waals surface area contributed by atoms with E-state index < -0.39 is 29.6 Å². The molecular formula is C24H30F4N6O2. The summed E-state index contributed by atoms with van der Waals surface area (Å²) in [5.74, 6) is -1.28. The zero-order chi connectivity index (χ0) is 25.9. The number of nitrogens with one attached hydrogen (secondary N) is 1. The maximum atomic E-state index is 15.5. The lowest BCUT2D eigenvalue weighted by Crippen LogP contribution is -2.48. The van der Waals surface area contributed by atoms with Crippen molar-refractivity contribution in [2.24, 2.45) is 17.6 Å². The maximum absolute atomic E-state index is 15.5.